The quantitative estimate of drug-likeness (QED) is 0.445. The number of hydrogen-bond acceptors (Lipinski definition) is 6. The van der Waals surface area contributed by atoms with Crippen LogP contribution in [0.2, 0.25) is 0 Å². The van der Waals surface area contributed by atoms with Gasteiger partial charge in [0.1, 0.15) is 15.8 Å². The van der Waals surface area contributed by atoms with Crippen LogP contribution >= 0.6 is 39.5 Å². The SMILES string of the molecule is CCSC1=N/C(=C/c2cc(OC(C)=O)ccc2Br)C(=O)S1. The molecule has 0 N–H and O–H groups in total. The Morgan fingerprint density at radius 2 is 2.29 bits per heavy atom. The van der Waals surface area contributed by atoms with Crippen molar-refractivity contribution in [3.63, 3.8) is 0 Å². The maximum atomic E-state index is 11.9. The van der Waals surface area contributed by atoms with Crippen LogP contribution in [0, 0.1) is 0 Å². The number of hydrogen-bond donors (Lipinski definition) is 0. The van der Waals surface area contributed by atoms with Gasteiger partial charge in [-0.25, -0.2) is 4.99 Å². The number of benzene rings is 1. The third-order valence-electron chi connectivity index (χ3n) is 2.39. The van der Waals surface area contributed by atoms with Crippen molar-refractivity contribution < 1.29 is 14.3 Å². The Morgan fingerprint density at radius 3 is 2.95 bits per heavy atom. The highest BCUT2D eigenvalue weighted by Gasteiger charge is 2.22. The van der Waals surface area contributed by atoms with E-state index in [0.717, 1.165) is 31.9 Å². The molecule has 0 atom stereocenters. The van der Waals surface area contributed by atoms with E-state index in [0.29, 0.717) is 11.4 Å². The number of rotatable bonds is 3. The van der Waals surface area contributed by atoms with E-state index in [2.05, 4.69) is 20.9 Å². The molecule has 7 heteroatoms. The van der Waals surface area contributed by atoms with Crippen molar-refractivity contribution in [1.29, 1.82) is 0 Å². The molecule has 0 saturated heterocycles. The predicted molar refractivity (Wildman–Crippen MR) is 91.6 cm³/mol. The van der Waals surface area contributed by atoms with Crippen molar-refractivity contribution >= 4 is 61.0 Å². The molecule has 1 aromatic rings. The predicted octanol–water partition coefficient (Wildman–Crippen LogP) is 4.10. The third-order valence-corrected chi connectivity index (χ3v) is 5.00. The summed E-state index contributed by atoms with van der Waals surface area (Å²) in [7, 11) is 0. The van der Waals surface area contributed by atoms with Crippen molar-refractivity contribution in [2.45, 2.75) is 13.8 Å². The second kappa shape index (κ2) is 7.29. The van der Waals surface area contributed by atoms with Gasteiger partial charge in [-0.3, -0.25) is 9.59 Å². The van der Waals surface area contributed by atoms with E-state index >= 15 is 0 Å². The van der Waals surface area contributed by atoms with E-state index < -0.39 is 0 Å². The van der Waals surface area contributed by atoms with Crippen LogP contribution in [0.25, 0.3) is 6.08 Å². The summed E-state index contributed by atoms with van der Waals surface area (Å²) in [5.41, 5.74) is 1.14. The number of nitrogens with zero attached hydrogens (tertiary/aromatic N) is 1. The van der Waals surface area contributed by atoms with Gasteiger partial charge in [-0.2, -0.15) is 0 Å². The fraction of sp³-hybridized carbons (Fsp3) is 0.214. The molecule has 110 valence electrons. The standard InChI is InChI=1S/C14H12BrNO3S2/c1-3-20-14-16-12(13(18)21-14)7-9-6-10(19-8(2)17)4-5-11(9)15/h4-7H,3H2,1-2H3/b12-7+. The number of halogens is 1. The fourth-order valence-corrected chi connectivity index (χ4v) is 3.68. The zero-order valence-electron chi connectivity index (χ0n) is 11.4. The van der Waals surface area contributed by atoms with E-state index in [-0.39, 0.29) is 11.1 Å². The first kappa shape index (κ1) is 16.3. The molecule has 0 aliphatic carbocycles. The zero-order valence-corrected chi connectivity index (χ0v) is 14.6. The van der Waals surface area contributed by atoms with Crippen molar-refractivity contribution in [1.82, 2.24) is 0 Å². The first-order chi connectivity index (χ1) is 9.99. The van der Waals surface area contributed by atoms with Crippen molar-refractivity contribution in [2.24, 2.45) is 4.99 Å². The second-order valence-corrected chi connectivity index (χ2v) is 7.33. The van der Waals surface area contributed by atoms with Gasteiger partial charge < -0.3 is 4.74 Å². The fourth-order valence-electron chi connectivity index (χ4n) is 1.58. The molecule has 0 saturated carbocycles. The topological polar surface area (TPSA) is 55.7 Å². The van der Waals surface area contributed by atoms with Gasteiger partial charge >= 0.3 is 5.97 Å². The smallest absolute Gasteiger partial charge is 0.308 e. The lowest BCUT2D eigenvalue weighted by Gasteiger charge is -2.04. The Labute approximate surface area is 139 Å². The lowest BCUT2D eigenvalue weighted by atomic mass is 10.2. The summed E-state index contributed by atoms with van der Waals surface area (Å²) in [5, 5.41) is -0.0734. The molecule has 1 heterocycles. The Morgan fingerprint density at radius 1 is 1.52 bits per heavy atom. The zero-order chi connectivity index (χ0) is 15.4. The summed E-state index contributed by atoms with van der Waals surface area (Å²) < 4.78 is 6.61. The molecule has 0 radical (unpaired) electrons. The maximum Gasteiger partial charge on any atom is 0.308 e. The molecule has 0 bridgehead atoms. The molecule has 0 amide bonds. The van der Waals surface area contributed by atoms with E-state index in [1.165, 1.54) is 6.92 Å². The Kier molecular flexibility index (Phi) is 5.66. The highest BCUT2D eigenvalue weighted by atomic mass is 79.9. The Bertz CT molecular complexity index is 656. The van der Waals surface area contributed by atoms with Gasteiger partial charge in [0.25, 0.3) is 0 Å². The number of esters is 1. The van der Waals surface area contributed by atoms with Crippen LogP contribution in [0.5, 0.6) is 5.75 Å². The van der Waals surface area contributed by atoms with Gasteiger partial charge in [0.15, 0.2) is 0 Å². The molecule has 4 nitrogen and oxygen atoms in total. The summed E-state index contributed by atoms with van der Waals surface area (Å²) >= 11 is 6.10. The van der Waals surface area contributed by atoms with Crippen LogP contribution in [0.3, 0.4) is 0 Å². The largest absolute Gasteiger partial charge is 0.427 e. The number of carbonyl (C=O) groups is 2. The highest BCUT2D eigenvalue weighted by molar-refractivity contribution is 9.10. The van der Waals surface area contributed by atoms with Crippen LogP contribution in [0.4, 0.5) is 0 Å². The molecular weight excluding hydrogens is 374 g/mol. The summed E-state index contributed by atoms with van der Waals surface area (Å²) in [6.45, 7) is 3.36. The van der Waals surface area contributed by atoms with E-state index in [9.17, 15) is 9.59 Å². The van der Waals surface area contributed by atoms with Gasteiger partial charge in [0.2, 0.25) is 5.12 Å². The summed E-state index contributed by atoms with van der Waals surface area (Å²) in [6, 6.07) is 5.14. The van der Waals surface area contributed by atoms with Gasteiger partial charge in [-0.05, 0) is 47.4 Å². The maximum absolute atomic E-state index is 11.9. The monoisotopic (exact) mass is 385 g/mol. The molecule has 1 aliphatic rings. The minimum absolute atomic E-state index is 0.0734. The summed E-state index contributed by atoms with van der Waals surface area (Å²) in [5.74, 6) is 0.920. The van der Waals surface area contributed by atoms with Crippen LogP contribution < -0.4 is 4.74 Å². The first-order valence-corrected chi connectivity index (χ1v) is 8.72. The van der Waals surface area contributed by atoms with Crippen LogP contribution in [-0.4, -0.2) is 21.2 Å². The molecule has 1 aliphatic heterocycles. The minimum atomic E-state index is -0.386. The normalized spacial score (nSPS) is 16.2. The average Bonchev–Trinajstić information content (AvgIpc) is 2.74. The van der Waals surface area contributed by atoms with Crippen molar-refractivity contribution in [2.75, 3.05) is 5.75 Å². The van der Waals surface area contributed by atoms with E-state index in [4.69, 9.17) is 4.74 Å². The number of ether oxygens (including phenoxy) is 1. The van der Waals surface area contributed by atoms with Gasteiger partial charge in [0.05, 0.1) is 0 Å². The number of thioether (sulfide) groups is 2. The minimum Gasteiger partial charge on any atom is -0.427 e. The number of carbonyl (C=O) groups excluding carboxylic acids is 2. The Balaban J connectivity index is 2.31. The molecule has 1 aromatic carbocycles. The van der Waals surface area contributed by atoms with Crippen LogP contribution in [-0.2, 0) is 9.59 Å². The molecule has 21 heavy (non-hydrogen) atoms. The lowest BCUT2D eigenvalue weighted by Crippen LogP contribution is -2.01. The Hall–Kier alpha value is -1.05. The van der Waals surface area contributed by atoms with Gasteiger partial charge in [-0.15, -0.1) is 0 Å². The average molecular weight is 386 g/mol. The highest BCUT2D eigenvalue weighted by Crippen LogP contribution is 2.32. The molecule has 2 rings (SSSR count). The molecule has 0 unspecified atom stereocenters. The lowest BCUT2D eigenvalue weighted by molar-refractivity contribution is -0.131. The van der Waals surface area contributed by atoms with Crippen LogP contribution in [0.1, 0.15) is 19.4 Å². The number of aliphatic imine (C=N–C) groups is 1. The van der Waals surface area contributed by atoms with Crippen molar-refractivity contribution in [3.8, 4) is 5.75 Å². The molecule has 0 fully saturated rings. The van der Waals surface area contributed by atoms with Gasteiger partial charge in [0, 0.05) is 11.4 Å². The van der Waals surface area contributed by atoms with Gasteiger partial charge in [-0.1, -0.05) is 34.6 Å². The summed E-state index contributed by atoms with van der Waals surface area (Å²) in [4.78, 5) is 27.2. The van der Waals surface area contributed by atoms with E-state index in [1.54, 1.807) is 36.0 Å². The van der Waals surface area contributed by atoms with Crippen LogP contribution in [0.15, 0.2) is 33.4 Å². The third kappa shape index (κ3) is 4.46. The first-order valence-electron chi connectivity index (χ1n) is 6.13. The summed E-state index contributed by atoms with van der Waals surface area (Å²) in [6.07, 6.45) is 1.69. The van der Waals surface area contributed by atoms with Crippen molar-refractivity contribution in [3.05, 3.63) is 33.9 Å². The molecule has 0 aromatic heterocycles. The molecular formula is C14H12BrNO3S2. The second-order valence-electron chi connectivity index (χ2n) is 4.01. The van der Waals surface area contributed by atoms with E-state index in [1.807, 2.05) is 6.92 Å². The molecule has 0 spiro atoms.